The highest BCUT2D eigenvalue weighted by molar-refractivity contribution is 6.00. The minimum absolute atomic E-state index is 0.0812. The summed E-state index contributed by atoms with van der Waals surface area (Å²) in [7, 11) is 0. The molecule has 1 atom stereocenters. The number of aromatic hydroxyl groups is 1. The highest BCUT2D eigenvalue weighted by Crippen LogP contribution is 2.26. The number of aliphatic carboxylic acids is 1. The van der Waals surface area contributed by atoms with E-state index in [4.69, 9.17) is 0 Å². The lowest BCUT2D eigenvalue weighted by molar-refractivity contribution is -0.142. The number of carboxylic acid groups (broad SMARTS) is 1. The number of hydrogen-bond acceptors (Lipinski definition) is 3. The molecule has 1 aliphatic rings. The van der Waals surface area contributed by atoms with Crippen LogP contribution >= 0.6 is 0 Å². The van der Waals surface area contributed by atoms with Crippen LogP contribution in [0.1, 0.15) is 21.5 Å². The Labute approximate surface area is 127 Å². The Kier molecular flexibility index (Phi) is 3.55. The van der Waals surface area contributed by atoms with Crippen LogP contribution in [0, 0.1) is 0 Å². The molecule has 1 amide bonds. The smallest absolute Gasteiger partial charge is 0.326 e. The molecule has 0 aromatic heterocycles. The molecule has 112 valence electrons. The molecule has 5 nitrogen and oxygen atoms in total. The predicted molar refractivity (Wildman–Crippen MR) is 79.6 cm³/mol. The molecule has 0 radical (unpaired) electrons. The van der Waals surface area contributed by atoms with Crippen molar-refractivity contribution < 1.29 is 19.8 Å². The quantitative estimate of drug-likeness (QED) is 0.905. The van der Waals surface area contributed by atoms with Crippen LogP contribution in [-0.4, -0.2) is 33.0 Å². The average molecular weight is 297 g/mol. The van der Waals surface area contributed by atoms with Gasteiger partial charge in [0.25, 0.3) is 5.91 Å². The monoisotopic (exact) mass is 297 g/mol. The molecule has 0 spiro atoms. The van der Waals surface area contributed by atoms with Gasteiger partial charge in [-0.2, -0.15) is 0 Å². The van der Waals surface area contributed by atoms with Gasteiger partial charge in [0.05, 0.1) is 0 Å². The molecule has 0 aliphatic carbocycles. The van der Waals surface area contributed by atoms with E-state index in [-0.39, 0.29) is 18.1 Å². The summed E-state index contributed by atoms with van der Waals surface area (Å²) < 4.78 is 0. The van der Waals surface area contributed by atoms with Gasteiger partial charge in [0.15, 0.2) is 0 Å². The van der Waals surface area contributed by atoms with E-state index in [9.17, 15) is 19.8 Å². The molecule has 0 bridgehead atoms. The van der Waals surface area contributed by atoms with Crippen LogP contribution in [0.5, 0.6) is 5.75 Å². The molecule has 2 aromatic rings. The Morgan fingerprint density at radius 1 is 1.18 bits per heavy atom. The molecule has 3 rings (SSSR count). The first-order chi connectivity index (χ1) is 10.6. The van der Waals surface area contributed by atoms with E-state index >= 15 is 0 Å². The summed E-state index contributed by atoms with van der Waals surface area (Å²) in [6.45, 7) is 0.296. The van der Waals surface area contributed by atoms with Crippen molar-refractivity contribution in [1.82, 2.24) is 4.90 Å². The third-order valence-corrected chi connectivity index (χ3v) is 3.85. The molecule has 0 fully saturated rings. The first-order valence-corrected chi connectivity index (χ1v) is 6.96. The summed E-state index contributed by atoms with van der Waals surface area (Å²) in [5, 5.41) is 19.0. The lowest BCUT2D eigenvalue weighted by Gasteiger charge is -2.24. The van der Waals surface area contributed by atoms with Gasteiger partial charge in [0, 0.05) is 18.5 Å². The topological polar surface area (TPSA) is 77.8 Å². The van der Waals surface area contributed by atoms with Crippen molar-refractivity contribution in [1.29, 1.82) is 0 Å². The average Bonchev–Trinajstić information content (AvgIpc) is 2.82. The Hall–Kier alpha value is -2.82. The number of fused-ring (bicyclic) bond motifs is 1. The standard InChI is InChI=1S/C17H15NO4/c19-13-6-3-4-11(8-13)9-15(17(21)22)18-10-12-5-1-2-7-14(12)16(18)20/h1-8,15,19H,9-10H2,(H,21,22)/t15-/m1/s1. The highest BCUT2D eigenvalue weighted by Gasteiger charge is 2.36. The molecule has 22 heavy (non-hydrogen) atoms. The predicted octanol–water partition coefficient (Wildman–Crippen LogP) is 2.04. The van der Waals surface area contributed by atoms with Gasteiger partial charge in [-0.25, -0.2) is 4.79 Å². The number of carbonyl (C=O) groups is 2. The van der Waals surface area contributed by atoms with E-state index in [1.54, 1.807) is 24.3 Å². The van der Waals surface area contributed by atoms with Crippen molar-refractivity contribution >= 4 is 11.9 Å². The Balaban J connectivity index is 1.87. The van der Waals surface area contributed by atoms with Crippen LogP contribution in [0.2, 0.25) is 0 Å². The Morgan fingerprint density at radius 3 is 2.64 bits per heavy atom. The molecule has 0 saturated heterocycles. The normalized spacial score (nSPS) is 14.7. The first kappa shape index (κ1) is 14.1. The number of phenolic OH excluding ortho intramolecular Hbond substituents is 1. The first-order valence-electron chi connectivity index (χ1n) is 6.96. The zero-order valence-electron chi connectivity index (χ0n) is 11.8. The van der Waals surface area contributed by atoms with Crippen LogP contribution in [0.25, 0.3) is 0 Å². The molecule has 0 unspecified atom stereocenters. The molecule has 1 aliphatic heterocycles. The van der Waals surface area contributed by atoms with E-state index in [1.165, 1.54) is 17.0 Å². The molecule has 5 heteroatoms. The fourth-order valence-electron chi connectivity index (χ4n) is 2.77. The van der Waals surface area contributed by atoms with Crippen molar-refractivity contribution in [2.45, 2.75) is 19.0 Å². The number of carbonyl (C=O) groups excluding carboxylic acids is 1. The van der Waals surface area contributed by atoms with E-state index in [2.05, 4.69) is 0 Å². The van der Waals surface area contributed by atoms with Crippen molar-refractivity contribution in [2.75, 3.05) is 0 Å². The SMILES string of the molecule is O=C(O)[C@@H](Cc1cccc(O)c1)N1Cc2ccccc2C1=O. The minimum atomic E-state index is -1.05. The van der Waals surface area contributed by atoms with Crippen LogP contribution in [0.3, 0.4) is 0 Å². The molecule has 1 heterocycles. The summed E-state index contributed by atoms with van der Waals surface area (Å²) in [5.41, 5.74) is 2.08. The van der Waals surface area contributed by atoms with Crippen molar-refractivity contribution in [3.8, 4) is 5.75 Å². The van der Waals surface area contributed by atoms with Gasteiger partial charge in [-0.3, -0.25) is 4.79 Å². The van der Waals surface area contributed by atoms with E-state index in [0.29, 0.717) is 17.7 Å². The number of nitrogens with zero attached hydrogens (tertiary/aromatic N) is 1. The lowest BCUT2D eigenvalue weighted by Crippen LogP contribution is -2.42. The third-order valence-electron chi connectivity index (χ3n) is 3.85. The summed E-state index contributed by atoms with van der Waals surface area (Å²) in [6, 6.07) is 12.6. The molecule has 0 saturated carbocycles. The van der Waals surface area contributed by atoms with Crippen molar-refractivity contribution in [3.63, 3.8) is 0 Å². The largest absolute Gasteiger partial charge is 0.508 e. The lowest BCUT2D eigenvalue weighted by atomic mass is 10.0. The maximum absolute atomic E-state index is 12.4. The highest BCUT2D eigenvalue weighted by atomic mass is 16.4. The number of hydrogen-bond donors (Lipinski definition) is 2. The molecule has 2 N–H and O–H groups in total. The van der Waals surface area contributed by atoms with Gasteiger partial charge in [0.2, 0.25) is 0 Å². The molecular weight excluding hydrogens is 282 g/mol. The van der Waals surface area contributed by atoms with Crippen molar-refractivity contribution in [2.24, 2.45) is 0 Å². The molecular formula is C17H15NO4. The maximum atomic E-state index is 12.4. The van der Waals surface area contributed by atoms with Gasteiger partial charge in [-0.1, -0.05) is 30.3 Å². The van der Waals surface area contributed by atoms with Gasteiger partial charge in [-0.05, 0) is 29.3 Å². The van der Waals surface area contributed by atoms with E-state index in [0.717, 1.165) is 5.56 Å². The second-order valence-corrected chi connectivity index (χ2v) is 5.32. The zero-order chi connectivity index (χ0) is 15.7. The number of benzene rings is 2. The number of rotatable bonds is 4. The van der Waals surface area contributed by atoms with Gasteiger partial charge in [0.1, 0.15) is 11.8 Å². The third kappa shape index (κ3) is 2.53. The van der Waals surface area contributed by atoms with Crippen LogP contribution in [0.15, 0.2) is 48.5 Å². The number of phenols is 1. The summed E-state index contributed by atoms with van der Waals surface area (Å²) in [4.78, 5) is 25.4. The Morgan fingerprint density at radius 2 is 1.95 bits per heavy atom. The van der Waals surface area contributed by atoms with Gasteiger partial charge in [-0.15, -0.1) is 0 Å². The van der Waals surface area contributed by atoms with Crippen LogP contribution in [-0.2, 0) is 17.8 Å². The Bertz CT molecular complexity index is 741. The summed E-state index contributed by atoms with van der Waals surface area (Å²) >= 11 is 0. The number of carboxylic acids is 1. The second kappa shape index (κ2) is 5.52. The summed E-state index contributed by atoms with van der Waals surface area (Å²) in [5.74, 6) is -1.23. The molecule has 2 aromatic carbocycles. The fourth-order valence-corrected chi connectivity index (χ4v) is 2.77. The van der Waals surface area contributed by atoms with Crippen LogP contribution < -0.4 is 0 Å². The zero-order valence-corrected chi connectivity index (χ0v) is 11.8. The van der Waals surface area contributed by atoms with Gasteiger partial charge < -0.3 is 15.1 Å². The van der Waals surface area contributed by atoms with Crippen molar-refractivity contribution in [3.05, 3.63) is 65.2 Å². The fraction of sp³-hybridized carbons (Fsp3) is 0.176. The van der Waals surface area contributed by atoms with E-state index in [1.807, 2.05) is 12.1 Å². The summed E-state index contributed by atoms with van der Waals surface area (Å²) in [6.07, 6.45) is 0.156. The second-order valence-electron chi connectivity index (χ2n) is 5.32. The van der Waals surface area contributed by atoms with E-state index < -0.39 is 12.0 Å². The minimum Gasteiger partial charge on any atom is -0.508 e. The maximum Gasteiger partial charge on any atom is 0.326 e. The van der Waals surface area contributed by atoms with Crippen LogP contribution in [0.4, 0.5) is 0 Å². The van der Waals surface area contributed by atoms with Gasteiger partial charge >= 0.3 is 5.97 Å². The number of amides is 1.